The Balaban J connectivity index is 1.12. The van der Waals surface area contributed by atoms with Crippen molar-refractivity contribution in [2.45, 2.75) is 0 Å². The molecule has 0 N–H and O–H groups in total. The third-order valence-electron chi connectivity index (χ3n) is 11.1. The Morgan fingerprint density at radius 1 is 0.228 bits per heavy atom. The van der Waals surface area contributed by atoms with E-state index >= 15 is 0 Å². The molecule has 0 bridgehead atoms. The van der Waals surface area contributed by atoms with Crippen molar-refractivity contribution in [2.75, 3.05) is 4.90 Å². The van der Waals surface area contributed by atoms with E-state index in [-0.39, 0.29) is 0 Å². The topological polar surface area (TPSA) is 3.24 Å². The number of hydrogen-bond acceptors (Lipinski definition) is 1. The molecule has 10 rings (SSSR count). The number of rotatable bonds is 8. The highest BCUT2D eigenvalue weighted by atomic mass is 15.1. The second-order valence-electron chi connectivity index (χ2n) is 14.5. The zero-order valence-electron chi connectivity index (χ0n) is 31.5. The predicted molar refractivity (Wildman–Crippen MR) is 243 cm³/mol. The number of anilines is 3. The van der Waals surface area contributed by atoms with Gasteiger partial charge in [-0.15, -0.1) is 0 Å². The lowest BCUT2D eigenvalue weighted by Crippen LogP contribution is -2.11. The molecule has 0 heterocycles. The number of benzene rings is 10. The third-order valence-corrected chi connectivity index (χ3v) is 11.1. The number of hydrogen-bond donors (Lipinski definition) is 0. The summed E-state index contributed by atoms with van der Waals surface area (Å²) in [4.78, 5) is 2.38. The van der Waals surface area contributed by atoms with Gasteiger partial charge < -0.3 is 4.90 Å². The Labute approximate surface area is 334 Å². The molecule has 0 spiro atoms. The fraction of sp³-hybridized carbons (Fsp3) is 0. The van der Waals surface area contributed by atoms with Crippen molar-refractivity contribution in [1.82, 2.24) is 0 Å². The first kappa shape index (κ1) is 34.0. The number of nitrogens with zero attached hydrogens (tertiary/aromatic N) is 1. The van der Waals surface area contributed by atoms with Crippen LogP contribution in [0.25, 0.3) is 77.2 Å². The highest BCUT2D eigenvalue weighted by Gasteiger charge is 2.20. The molecule has 0 fully saturated rings. The molecule has 0 aliphatic carbocycles. The van der Waals surface area contributed by atoms with Gasteiger partial charge in [0.2, 0.25) is 0 Å². The van der Waals surface area contributed by atoms with E-state index in [1.54, 1.807) is 0 Å². The largest absolute Gasteiger partial charge is 0.310 e. The van der Waals surface area contributed by atoms with E-state index in [1.807, 2.05) is 0 Å². The zero-order valence-corrected chi connectivity index (χ0v) is 31.5. The summed E-state index contributed by atoms with van der Waals surface area (Å²) in [6.45, 7) is 0. The van der Waals surface area contributed by atoms with Gasteiger partial charge in [-0.2, -0.15) is 0 Å². The second kappa shape index (κ2) is 15.0. The Kier molecular flexibility index (Phi) is 8.95. The third kappa shape index (κ3) is 6.46. The first-order chi connectivity index (χ1) is 28.3. The molecule has 57 heavy (non-hydrogen) atoms. The molecular weight excluding hydrogens is 687 g/mol. The van der Waals surface area contributed by atoms with Crippen molar-refractivity contribution in [3.05, 3.63) is 237 Å². The van der Waals surface area contributed by atoms with E-state index in [0.717, 1.165) is 17.1 Å². The van der Waals surface area contributed by atoms with E-state index in [9.17, 15) is 0 Å². The highest BCUT2D eigenvalue weighted by Crippen LogP contribution is 2.46. The van der Waals surface area contributed by atoms with Crippen LogP contribution in [-0.2, 0) is 0 Å². The molecule has 0 saturated heterocycles. The molecule has 0 radical (unpaired) electrons. The summed E-state index contributed by atoms with van der Waals surface area (Å²) in [6.07, 6.45) is 0. The molecule has 10 aromatic carbocycles. The summed E-state index contributed by atoms with van der Waals surface area (Å²) in [5, 5.41) is 5.03. The second-order valence-corrected chi connectivity index (χ2v) is 14.5. The van der Waals surface area contributed by atoms with Gasteiger partial charge in [-0.25, -0.2) is 0 Å². The maximum atomic E-state index is 2.40. The Bertz CT molecular complexity index is 2950. The zero-order chi connectivity index (χ0) is 38.0. The Morgan fingerprint density at radius 2 is 0.614 bits per heavy atom. The fourth-order valence-corrected chi connectivity index (χ4v) is 8.37. The molecule has 0 aromatic heterocycles. The molecule has 268 valence electrons. The molecule has 0 aliphatic heterocycles. The van der Waals surface area contributed by atoms with E-state index in [1.165, 1.54) is 77.2 Å². The minimum absolute atomic E-state index is 1.10. The lowest BCUT2D eigenvalue weighted by Gasteiger charge is -2.28. The van der Waals surface area contributed by atoms with Crippen molar-refractivity contribution in [3.8, 4) is 55.6 Å². The lowest BCUT2D eigenvalue weighted by molar-refractivity contribution is 1.28. The summed E-state index contributed by atoms with van der Waals surface area (Å²) in [7, 11) is 0. The molecular formula is C56H39N. The van der Waals surface area contributed by atoms with Crippen LogP contribution in [0.15, 0.2) is 237 Å². The lowest BCUT2D eigenvalue weighted by atomic mass is 9.84. The first-order valence-electron chi connectivity index (χ1n) is 19.6. The van der Waals surface area contributed by atoms with Crippen LogP contribution >= 0.6 is 0 Å². The predicted octanol–water partition coefficient (Wildman–Crippen LogP) is 15.8. The van der Waals surface area contributed by atoms with E-state index in [2.05, 4.69) is 241 Å². The van der Waals surface area contributed by atoms with Crippen LogP contribution in [0.2, 0.25) is 0 Å². The van der Waals surface area contributed by atoms with Crippen molar-refractivity contribution in [1.29, 1.82) is 0 Å². The van der Waals surface area contributed by atoms with Crippen molar-refractivity contribution < 1.29 is 0 Å². The number of para-hydroxylation sites is 1. The van der Waals surface area contributed by atoms with Gasteiger partial charge in [0.15, 0.2) is 0 Å². The highest BCUT2D eigenvalue weighted by molar-refractivity contribution is 6.22. The standard InChI is InChI=1S/C56H39N/c1-5-17-40(18-6-1)41-29-34-47(35-30-41)57(54-28-16-15-25-49(54)43-19-7-2-8-20-43)48-36-31-42(32-37-48)46-33-38-51-50-26-13-14-27-52(50)55(44-21-9-3-10-22-44)56(53(51)39-46)45-23-11-4-12-24-45/h1-39H. The summed E-state index contributed by atoms with van der Waals surface area (Å²) in [5.74, 6) is 0. The van der Waals surface area contributed by atoms with Crippen LogP contribution in [0.5, 0.6) is 0 Å². The molecule has 0 amide bonds. The van der Waals surface area contributed by atoms with Gasteiger partial charge >= 0.3 is 0 Å². The van der Waals surface area contributed by atoms with Gasteiger partial charge in [0.1, 0.15) is 0 Å². The summed E-state index contributed by atoms with van der Waals surface area (Å²) in [5.41, 5.74) is 15.4. The Hall–Kier alpha value is -7.48. The van der Waals surface area contributed by atoms with Gasteiger partial charge in [-0.3, -0.25) is 0 Å². The normalized spacial score (nSPS) is 11.2. The van der Waals surface area contributed by atoms with E-state index < -0.39 is 0 Å². The molecule has 1 nitrogen and oxygen atoms in total. The van der Waals surface area contributed by atoms with Crippen LogP contribution in [0, 0.1) is 0 Å². The fourth-order valence-electron chi connectivity index (χ4n) is 8.37. The quantitative estimate of drug-likeness (QED) is 0.141. The van der Waals surface area contributed by atoms with Gasteiger partial charge in [0.25, 0.3) is 0 Å². The SMILES string of the molecule is c1ccc(-c2ccc(N(c3ccc(-c4ccc5c(c4)c(-c4ccccc4)c(-c4ccccc4)c4ccccc45)cc3)c3ccccc3-c3ccccc3)cc2)cc1. The summed E-state index contributed by atoms with van der Waals surface area (Å²) < 4.78 is 0. The minimum Gasteiger partial charge on any atom is -0.310 e. The molecule has 0 aliphatic rings. The minimum atomic E-state index is 1.10. The maximum absolute atomic E-state index is 2.40. The van der Waals surface area contributed by atoms with Crippen LogP contribution in [0.4, 0.5) is 17.1 Å². The molecule has 0 saturated carbocycles. The van der Waals surface area contributed by atoms with Gasteiger partial charge in [-0.05, 0) is 108 Å². The molecule has 0 unspecified atom stereocenters. The monoisotopic (exact) mass is 725 g/mol. The van der Waals surface area contributed by atoms with E-state index in [4.69, 9.17) is 0 Å². The van der Waals surface area contributed by atoms with Crippen LogP contribution in [0.3, 0.4) is 0 Å². The van der Waals surface area contributed by atoms with Crippen molar-refractivity contribution >= 4 is 38.6 Å². The Morgan fingerprint density at radius 3 is 1.19 bits per heavy atom. The molecule has 10 aromatic rings. The van der Waals surface area contributed by atoms with E-state index in [0.29, 0.717) is 0 Å². The molecule has 1 heteroatoms. The number of fused-ring (bicyclic) bond motifs is 3. The van der Waals surface area contributed by atoms with Gasteiger partial charge in [0, 0.05) is 16.9 Å². The first-order valence-corrected chi connectivity index (χ1v) is 19.6. The smallest absolute Gasteiger partial charge is 0.0540 e. The summed E-state index contributed by atoms with van der Waals surface area (Å²) >= 11 is 0. The van der Waals surface area contributed by atoms with Crippen LogP contribution in [-0.4, -0.2) is 0 Å². The van der Waals surface area contributed by atoms with Gasteiger partial charge in [0.05, 0.1) is 5.69 Å². The maximum Gasteiger partial charge on any atom is 0.0540 e. The molecule has 0 atom stereocenters. The van der Waals surface area contributed by atoms with Crippen molar-refractivity contribution in [3.63, 3.8) is 0 Å². The van der Waals surface area contributed by atoms with Crippen LogP contribution < -0.4 is 4.90 Å². The van der Waals surface area contributed by atoms with Crippen LogP contribution in [0.1, 0.15) is 0 Å². The average molecular weight is 726 g/mol. The average Bonchev–Trinajstić information content (AvgIpc) is 3.30. The van der Waals surface area contributed by atoms with Gasteiger partial charge in [-0.1, -0.05) is 200 Å². The summed E-state index contributed by atoms with van der Waals surface area (Å²) in [6, 6.07) is 85.5. The van der Waals surface area contributed by atoms with Crippen molar-refractivity contribution in [2.24, 2.45) is 0 Å².